The van der Waals surface area contributed by atoms with Crippen molar-refractivity contribution in [3.63, 3.8) is 0 Å². The van der Waals surface area contributed by atoms with Gasteiger partial charge in [0.05, 0.1) is 22.9 Å². The Kier molecular flexibility index (Phi) is 12.4. The van der Waals surface area contributed by atoms with Crippen LogP contribution in [0.5, 0.6) is 0 Å². The number of alkyl halides is 1. The van der Waals surface area contributed by atoms with Crippen molar-refractivity contribution in [3.8, 4) is 22.5 Å². The zero-order valence-electron chi connectivity index (χ0n) is 27.7. The molecule has 1 unspecified atom stereocenters. The van der Waals surface area contributed by atoms with E-state index in [0.717, 1.165) is 43.3 Å². The molecule has 0 saturated carbocycles. The Hall–Kier alpha value is -3.33. The van der Waals surface area contributed by atoms with Gasteiger partial charge in [0.15, 0.2) is 5.78 Å². The van der Waals surface area contributed by atoms with Crippen LogP contribution in [0.4, 0.5) is 5.69 Å². The molecule has 4 N–H and O–H groups in total. The molecule has 2 aliphatic rings. The number of carbonyl (C=O) groups is 1. The lowest BCUT2D eigenvalue weighted by atomic mass is 9.93. The van der Waals surface area contributed by atoms with E-state index in [-0.39, 0.29) is 12.0 Å². The summed E-state index contributed by atoms with van der Waals surface area (Å²) in [5.74, 6) is -0.447. The number of hydrogen-bond acceptors (Lipinski definition) is 8. The number of unbranched alkanes of at least 4 members (excludes halogenated alkanes) is 1. The maximum atomic E-state index is 13.5. The highest BCUT2D eigenvalue weighted by molar-refractivity contribution is 7.89. The molecule has 1 atom stereocenters. The van der Waals surface area contributed by atoms with Crippen molar-refractivity contribution in [1.82, 2.24) is 9.30 Å². The van der Waals surface area contributed by atoms with Gasteiger partial charge in [0, 0.05) is 53.0 Å². The third-order valence-electron chi connectivity index (χ3n) is 8.52. The van der Waals surface area contributed by atoms with Crippen LogP contribution in [0.1, 0.15) is 47.0 Å². The molecule has 11 nitrogen and oxygen atoms in total. The van der Waals surface area contributed by atoms with E-state index in [2.05, 4.69) is 14.2 Å². The molecular formula is C34H44ClN4O7S2+. The fraction of sp³-hybridized carbons (Fsp3) is 0.412. The number of carbonyl (C=O) groups excluding carboxylic acids is 1. The molecule has 4 rings (SSSR count). The Morgan fingerprint density at radius 1 is 0.958 bits per heavy atom. The number of anilines is 1. The molecule has 2 aromatic carbocycles. The molecule has 0 fully saturated rings. The van der Waals surface area contributed by atoms with Crippen LogP contribution in [0.15, 0.2) is 68.8 Å². The number of sulfonamides is 1. The SMILES string of the molecule is CCN(CC)c1ccc2c(-c3ccc(S(=O)(=O)NC(CCCCN)C(=O)CCl)cc3S(=O)(=O)O)c3ccc(=[N+](CC)CC)cc-3oc2c1. The van der Waals surface area contributed by atoms with Crippen molar-refractivity contribution in [2.75, 3.05) is 43.5 Å². The van der Waals surface area contributed by atoms with Crippen LogP contribution >= 0.6 is 11.6 Å². The lowest BCUT2D eigenvalue weighted by Crippen LogP contribution is -2.41. The topological polar surface area (TPSA) is 163 Å². The summed E-state index contributed by atoms with van der Waals surface area (Å²) < 4.78 is 74.6. The Labute approximate surface area is 287 Å². The fourth-order valence-electron chi connectivity index (χ4n) is 5.95. The summed E-state index contributed by atoms with van der Waals surface area (Å²) in [6.45, 7) is 11.6. The Morgan fingerprint density at radius 3 is 2.25 bits per heavy atom. The van der Waals surface area contributed by atoms with Gasteiger partial charge in [0.25, 0.3) is 10.1 Å². The zero-order valence-corrected chi connectivity index (χ0v) is 30.1. The standard InChI is InChI=1S/C34H43ClN4O7S2/c1-5-38(6-2)23-12-15-26-31(19-23)46-32-20-24(39(7-3)8-4)13-16-27(32)34(26)28-17-14-25(21-33(28)48(43,44)45)47(41,42)37-29(30(40)22-35)11-9-10-18-36/h12-17,19-21,29,37H,5-11,18,22,36H2,1-4H3/p+1. The lowest BCUT2D eigenvalue weighted by Gasteiger charge is -2.23. The van der Waals surface area contributed by atoms with Crippen LogP contribution in [0.3, 0.4) is 0 Å². The summed E-state index contributed by atoms with van der Waals surface area (Å²) in [6.07, 6.45) is 1.22. The van der Waals surface area contributed by atoms with Gasteiger partial charge in [-0.15, -0.1) is 11.6 Å². The predicted octanol–water partition coefficient (Wildman–Crippen LogP) is 4.69. The first-order valence-electron chi connectivity index (χ1n) is 16.1. The molecule has 14 heteroatoms. The van der Waals surface area contributed by atoms with Crippen LogP contribution < -0.4 is 25.3 Å². The fourth-order valence-corrected chi connectivity index (χ4v) is 8.21. The number of nitrogens with two attached hydrogens (primary N) is 1. The first kappa shape index (κ1) is 37.5. The molecule has 0 bridgehead atoms. The Morgan fingerprint density at radius 2 is 1.65 bits per heavy atom. The van der Waals surface area contributed by atoms with E-state index in [1.54, 1.807) is 0 Å². The van der Waals surface area contributed by atoms with Crippen LogP contribution in [-0.2, 0) is 24.9 Å². The molecule has 0 spiro atoms. The highest BCUT2D eigenvalue weighted by atomic mass is 35.5. The van der Waals surface area contributed by atoms with Crippen molar-refractivity contribution < 1.29 is 30.6 Å². The molecule has 1 aliphatic carbocycles. The maximum absolute atomic E-state index is 13.5. The van der Waals surface area contributed by atoms with Gasteiger partial charge in [-0.1, -0.05) is 12.5 Å². The van der Waals surface area contributed by atoms with Crippen molar-refractivity contribution in [2.24, 2.45) is 5.73 Å². The summed E-state index contributed by atoms with van der Waals surface area (Å²) in [7, 11) is -9.40. The molecule has 1 heterocycles. The highest BCUT2D eigenvalue weighted by Gasteiger charge is 2.29. The van der Waals surface area contributed by atoms with Gasteiger partial charge >= 0.3 is 0 Å². The average Bonchev–Trinajstić information content (AvgIpc) is 3.06. The zero-order chi connectivity index (χ0) is 35.2. The number of nitrogens with zero attached hydrogens (tertiary/aromatic N) is 2. The van der Waals surface area contributed by atoms with Gasteiger partial charge in [-0.2, -0.15) is 8.42 Å². The second-order valence-corrected chi connectivity index (χ2v) is 14.7. The van der Waals surface area contributed by atoms with Crippen LogP contribution in [0.25, 0.3) is 33.4 Å². The van der Waals surface area contributed by atoms with Crippen molar-refractivity contribution in [2.45, 2.75) is 62.8 Å². The summed E-state index contributed by atoms with van der Waals surface area (Å²) in [6, 6.07) is 13.7. The molecular weight excluding hydrogens is 676 g/mol. The number of rotatable bonds is 16. The summed E-state index contributed by atoms with van der Waals surface area (Å²) in [5.41, 5.74) is 8.06. The van der Waals surface area contributed by atoms with E-state index in [1.807, 2.05) is 64.1 Å². The monoisotopic (exact) mass is 719 g/mol. The van der Waals surface area contributed by atoms with Gasteiger partial charge in [0.2, 0.25) is 15.4 Å². The Bertz CT molecular complexity index is 2040. The number of ketones is 1. The molecule has 260 valence electrons. The second-order valence-electron chi connectivity index (χ2n) is 11.4. The van der Waals surface area contributed by atoms with Gasteiger partial charge in [-0.05, 0) is 77.4 Å². The van der Waals surface area contributed by atoms with Crippen molar-refractivity contribution >= 4 is 54.2 Å². The van der Waals surface area contributed by atoms with E-state index in [9.17, 15) is 26.2 Å². The van der Waals surface area contributed by atoms with Gasteiger partial charge in [-0.3, -0.25) is 9.35 Å². The number of Topliss-reactive ketones (excluding diaryl/α,β-unsaturated/α-hetero) is 1. The number of hydrogen-bond donors (Lipinski definition) is 3. The van der Waals surface area contributed by atoms with Gasteiger partial charge < -0.3 is 15.1 Å². The molecule has 48 heavy (non-hydrogen) atoms. The molecule has 0 saturated heterocycles. The summed E-state index contributed by atoms with van der Waals surface area (Å²) in [5, 5.41) is 1.48. The average molecular weight is 720 g/mol. The summed E-state index contributed by atoms with van der Waals surface area (Å²) in [4.78, 5) is 13.6. The molecule has 0 aromatic heterocycles. The van der Waals surface area contributed by atoms with E-state index < -0.39 is 47.6 Å². The predicted molar refractivity (Wildman–Crippen MR) is 191 cm³/mol. The minimum absolute atomic E-state index is 0.0877. The molecule has 0 amide bonds. The first-order valence-corrected chi connectivity index (χ1v) is 19.6. The van der Waals surface area contributed by atoms with Crippen molar-refractivity contribution in [3.05, 3.63) is 60.0 Å². The van der Waals surface area contributed by atoms with Gasteiger partial charge in [0.1, 0.15) is 29.3 Å². The van der Waals surface area contributed by atoms with Gasteiger partial charge in [-0.25, -0.2) is 17.7 Å². The molecule has 2 aromatic rings. The van der Waals surface area contributed by atoms with Crippen LogP contribution in [-0.4, -0.2) is 71.8 Å². The van der Waals surface area contributed by atoms with E-state index in [4.69, 9.17) is 21.8 Å². The second kappa shape index (κ2) is 15.9. The van der Waals surface area contributed by atoms with Crippen LogP contribution in [0, 0.1) is 0 Å². The number of halogens is 1. The quantitative estimate of drug-likeness (QED) is 0.0490. The Balaban J connectivity index is 2.00. The largest absolute Gasteiger partial charge is 0.456 e. The van der Waals surface area contributed by atoms with Crippen molar-refractivity contribution in [1.29, 1.82) is 0 Å². The maximum Gasteiger partial charge on any atom is 0.295 e. The first-order chi connectivity index (χ1) is 22.8. The number of nitrogens with one attached hydrogen (secondary N) is 1. The molecule has 1 aliphatic heterocycles. The van der Waals surface area contributed by atoms with E-state index in [1.165, 1.54) is 12.1 Å². The third-order valence-corrected chi connectivity index (χ3v) is 11.1. The van der Waals surface area contributed by atoms with E-state index >= 15 is 0 Å². The number of benzene rings is 3. The smallest absolute Gasteiger partial charge is 0.295 e. The number of fused-ring (bicyclic) bond motifs is 2. The lowest BCUT2D eigenvalue weighted by molar-refractivity contribution is -0.118. The third kappa shape index (κ3) is 8.10. The summed E-state index contributed by atoms with van der Waals surface area (Å²) >= 11 is 5.76. The van der Waals surface area contributed by atoms with E-state index in [0.29, 0.717) is 47.2 Å². The van der Waals surface area contributed by atoms with Crippen LogP contribution in [0.2, 0.25) is 0 Å². The molecule has 0 radical (unpaired) electrons. The minimum Gasteiger partial charge on any atom is -0.456 e. The minimum atomic E-state index is -4.97. The normalized spacial score (nSPS) is 12.8. The highest BCUT2D eigenvalue weighted by Crippen LogP contribution is 2.43.